The zero-order valence-corrected chi connectivity index (χ0v) is 12.9. The van der Waals surface area contributed by atoms with Crippen LogP contribution in [0.3, 0.4) is 0 Å². The summed E-state index contributed by atoms with van der Waals surface area (Å²) in [5, 5.41) is 11.6. The Kier molecular flexibility index (Phi) is 4.42. The minimum atomic E-state index is -0.367. The van der Waals surface area contributed by atoms with Gasteiger partial charge in [-0.05, 0) is 37.0 Å². The van der Waals surface area contributed by atoms with Crippen LogP contribution in [0.1, 0.15) is 25.7 Å². The molecule has 0 radical (unpaired) electrons. The van der Waals surface area contributed by atoms with Crippen LogP contribution in [0, 0.1) is 5.92 Å². The normalized spacial score (nSPS) is 25.5. The van der Waals surface area contributed by atoms with Crippen molar-refractivity contribution in [2.75, 3.05) is 12.4 Å². The minimum Gasteiger partial charge on any atom is -0.394 e. The Balaban J connectivity index is 1.65. The van der Waals surface area contributed by atoms with Gasteiger partial charge in [0.25, 0.3) is 0 Å². The SMILES string of the molecule is NC1(CO)CCCC1CCSc1ncnc2ccccc12. The van der Waals surface area contributed by atoms with E-state index >= 15 is 0 Å². The number of benzene rings is 1. The number of rotatable bonds is 5. The lowest BCUT2D eigenvalue weighted by Gasteiger charge is -2.29. The second-order valence-corrected chi connectivity index (χ2v) is 6.90. The van der Waals surface area contributed by atoms with Gasteiger partial charge in [0, 0.05) is 10.9 Å². The smallest absolute Gasteiger partial charge is 0.117 e. The maximum absolute atomic E-state index is 9.50. The Bertz CT molecular complexity index is 616. The molecule has 4 nitrogen and oxygen atoms in total. The van der Waals surface area contributed by atoms with Crippen molar-refractivity contribution in [2.24, 2.45) is 11.7 Å². The molecule has 1 fully saturated rings. The summed E-state index contributed by atoms with van der Waals surface area (Å²) in [4.78, 5) is 8.68. The van der Waals surface area contributed by atoms with Crippen molar-refractivity contribution in [3.8, 4) is 0 Å². The maximum Gasteiger partial charge on any atom is 0.117 e. The minimum absolute atomic E-state index is 0.0960. The van der Waals surface area contributed by atoms with Gasteiger partial charge in [0.2, 0.25) is 0 Å². The molecule has 1 saturated carbocycles. The zero-order valence-electron chi connectivity index (χ0n) is 12.0. The van der Waals surface area contributed by atoms with Gasteiger partial charge < -0.3 is 10.8 Å². The molecule has 1 aromatic carbocycles. The summed E-state index contributed by atoms with van der Waals surface area (Å²) >= 11 is 1.76. The van der Waals surface area contributed by atoms with E-state index in [0.717, 1.165) is 47.4 Å². The van der Waals surface area contributed by atoms with Gasteiger partial charge in [0.15, 0.2) is 0 Å². The average molecular weight is 303 g/mol. The molecule has 0 spiro atoms. The van der Waals surface area contributed by atoms with Crippen molar-refractivity contribution in [2.45, 2.75) is 36.2 Å². The van der Waals surface area contributed by atoms with Crippen molar-refractivity contribution in [3.05, 3.63) is 30.6 Å². The molecule has 0 amide bonds. The van der Waals surface area contributed by atoms with Gasteiger partial charge in [-0.2, -0.15) is 0 Å². The van der Waals surface area contributed by atoms with Crippen molar-refractivity contribution < 1.29 is 5.11 Å². The Morgan fingerprint density at radius 1 is 1.33 bits per heavy atom. The van der Waals surface area contributed by atoms with E-state index in [4.69, 9.17) is 5.73 Å². The van der Waals surface area contributed by atoms with E-state index in [9.17, 15) is 5.11 Å². The molecule has 3 N–H and O–H groups in total. The van der Waals surface area contributed by atoms with Crippen LogP contribution in [0.4, 0.5) is 0 Å². The fourth-order valence-electron chi connectivity index (χ4n) is 3.20. The van der Waals surface area contributed by atoms with Gasteiger partial charge in [-0.1, -0.05) is 24.6 Å². The molecule has 2 aromatic rings. The standard InChI is InChI=1S/C16H21N3OS/c17-16(10-20)8-3-4-12(16)7-9-21-15-13-5-1-2-6-14(13)18-11-19-15/h1-2,5-6,11-12,20H,3-4,7-10,17H2. The highest BCUT2D eigenvalue weighted by atomic mass is 32.2. The molecule has 1 heterocycles. The molecule has 1 aliphatic carbocycles. The second kappa shape index (κ2) is 6.30. The first-order chi connectivity index (χ1) is 10.2. The van der Waals surface area contributed by atoms with E-state index in [2.05, 4.69) is 16.0 Å². The van der Waals surface area contributed by atoms with E-state index < -0.39 is 0 Å². The summed E-state index contributed by atoms with van der Waals surface area (Å²) in [5.41, 5.74) is 6.91. The second-order valence-electron chi connectivity index (χ2n) is 5.81. The highest BCUT2D eigenvalue weighted by molar-refractivity contribution is 7.99. The number of fused-ring (bicyclic) bond motifs is 1. The number of aliphatic hydroxyl groups is 1. The highest BCUT2D eigenvalue weighted by Crippen LogP contribution is 2.37. The van der Waals surface area contributed by atoms with Crippen molar-refractivity contribution in [1.82, 2.24) is 9.97 Å². The predicted octanol–water partition coefficient (Wildman–Crippen LogP) is 2.60. The van der Waals surface area contributed by atoms with Crippen LogP contribution in [-0.4, -0.2) is 33.0 Å². The van der Waals surface area contributed by atoms with E-state index in [-0.39, 0.29) is 12.1 Å². The van der Waals surface area contributed by atoms with Gasteiger partial charge >= 0.3 is 0 Å². The third-order valence-corrected chi connectivity index (χ3v) is 5.55. The maximum atomic E-state index is 9.50. The number of thioether (sulfide) groups is 1. The molecule has 0 saturated heterocycles. The van der Waals surface area contributed by atoms with Crippen LogP contribution in [-0.2, 0) is 0 Å². The topological polar surface area (TPSA) is 72.0 Å². The first-order valence-corrected chi connectivity index (χ1v) is 8.44. The molecule has 0 aliphatic heterocycles. The molecule has 2 unspecified atom stereocenters. The Labute approximate surface area is 129 Å². The van der Waals surface area contributed by atoms with Crippen LogP contribution in [0.5, 0.6) is 0 Å². The number of para-hydroxylation sites is 1. The van der Waals surface area contributed by atoms with Crippen molar-refractivity contribution >= 4 is 22.7 Å². The zero-order chi connectivity index (χ0) is 14.7. The molecule has 3 rings (SSSR count). The first-order valence-electron chi connectivity index (χ1n) is 7.45. The highest BCUT2D eigenvalue weighted by Gasteiger charge is 2.38. The summed E-state index contributed by atoms with van der Waals surface area (Å²) in [6, 6.07) is 8.08. The number of hydrogen-bond donors (Lipinski definition) is 2. The van der Waals surface area contributed by atoms with Crippen LogP contribution in [0.15, 0.2) is 35.6 Å². The van der Waals surface area contributed by atoms with Crippen LogP contribution < -0.4 is 5.73 Å². The summed E-state index contributed by atoms with van der Waals surface area (Å²) < 4.78 is 0. The lowest BCUT2D eigenvalue weighted by Crippen LogP contribution is -2.47. The summed E-state index contributed by atoms with van der Waals surface area (Å²) in [7, 11) is 0. The number of aliphatic hydroxyl groups excluding tert-OH is 1. The Morgan fingerprint density at radius 2 is 2.19 bits per heavy atom. The quantitative estimate of drug-likeness (QED) is 0.656. The molecule has 112 valence electrons. The van der Waals surface area contributed by atoms with Gasteiger partial charge in [0.05, 0.1) is 12.1 Å². The lowest BCUT2D eigenvalue weighted by atomic mass is 9.87. The van der Waals surface area contributed by atoms with Gasteiger partial charge in [0.1, 0.15) is 11.4 Å². The van der Waals surface area contributed by atoms with E-state index in [0.29, 0.717) is 5.92 Å². The molecule has 0 bridgehead atoms. The number of nitrogens with zero attached hydrogens (tertiary/aromatic N) is 2. The molecule has 21 heavy (non-hydrogen) atoms. The molecular formula is C16H21N3OS. The fourth-order valence-corrected chi connectivity index (χ4v) is 4.25. The summed E-state index contributed by atoms with van der Waals surface area (Å²) in [6.45, 7) is 0.0960. The molecule has 1 aliphatic rings. The number of hydrogen-bond acceptors (Lipinski definition) is 5. The molecule has 1 aromatic heterocycles. The summed E-state index contributed by atoms with van der Waals surface area (Å²) in [6.07, 6.45) is 5.85. The molecule has 5 heteroatoms. The van der Waals surface area contributed by atoms with Gasteiger partial charge in [-0.25, -0.2) is 9.97 Å². The number of nitrogens with two attached hydrogens (primary N) is 1. The van der Waals surface area contributed by atoms with Crippen LogP contribution in [0.2, 0.25) is 0 Å². The van der Waals surface area contributed by atoms with Crippen LogP contribution >= 0.6 is 11.8 Å². The van der Waals surface area contributed by atoms with Gasteiger partial charge in [-0.3, -0.25) is 0 Å². The Morgan fingerprint density at radius 3 is 3.05 bits per heavy atom. The van der Waals surface area contributed by atoms with E-state index in [1.54, 1.807) is 18.1 Å². The third-order valence-electron chi connectivity index (χ3n) is 4.51. The third kappa shape index (κ3) is 3.05. The Hall–Kier alpha value is -1.17. The van der Waals surface area contributed by atoms with Crippen molar-refractivity contribution in [1.29, 1.82) is 0 Å². The first kappa shape index (κ1) is 14.8. The molecular weight excluding hydrogens is 282 g/mol. The number of aromatic nitrogens is 2. The monoisotopic (exact) mass is 303 g/mol. The largest absolute Gasteiger partial charge is 0.394 e. The van der Waals surface area contributed by atoms with E-state index in [1.807, 2.05) is 18.2 Å². The lowest BCUT2D eigenvalue weighted by molar-refractivity contribution is 0.158. The van der Waals surface area contributed by atoms with Crippen molar-refractivity contribution in [3.63, 3.8) is 0 Å². The average Bonchev–Trinajstić information content (AvgIpc) is 2.89. The van der Waals surface area contributed by atoms with Gasteiger partial charge in [-0.15, -0.1) is 11.8 Å². The van der Waals surface area contributed by atoms with E-state index in [1.165, 1.54) is 0 Å². The fraction of sp³-hybridized carbons (Fsp3) is 0.500. The molecule has 2 atom stereocenters. The summed E-state index contributed by atoms with van der Waals surface area (Å²) in [5.74, 6) is 1.40. The van der Waals surface area contributed by atoms with Crippen LogP contribution in [0.25, 0.3) is 10.9 Å². The predicted molar refractivity (Wildman–Crippen MR) is 86.2 cm³/mol.